The highest BCUT2D eigenvalue weighted by Gasteiger charge is 2.46. The number of allylic oxidation sites excluding steroid dienone is 1. The molecule has 10 heteroatoms. The molecule has 1 unspecified atom stereocenters. The van der Waals surface area contributed by atoms with Gasteiger partial charge in [-0.2, -0.15) is 0 Å². The molecule has 5 heterocycles. The molecule has 2 fully saturated rings. The zero-order valence-electron chi connectivity index (χ0n) is 16.1. The Hall–Kier alpha value is -3.01. The van der Waals surface area contributed by atoms with Crippen molar-refractivity contribution in [3.63, 3.8) is 0 Å². The number of hydrogen-bond donors (Lipinski definition) is 1. The number of piperidine rings is 1. The Kier molecular flexibility index (Phi) is 3.86. The second kappa shape index (κ2) is 6.49. The molecule has 8 nitrogen and oxygen atoms in total. The van der Waals surface area contributed by atoms with Gasteiger partial charge in [-0.3, -0.25) is 0 Å². The summed E-state index contributed by atoms with van der Waals surface area (Å²) >= 11 is 0. The predicted octanol–water partition coefficient (Wildman–Crippen LogP) is 3.17. The van der Waals surface area contributed by atoms with E-state index in [-0.39, 0.29) is 17.4 Å². The summed E-state index contributed by atoms with van der Waals surface area (Å²) in [5.41, 5.74) is 2.88. The minimum Gasteiger partial charge on any atom is -0.396 e. The van der Waals surface area contributed by atoms with Crippen molar-refractivity contribution in [2.45, 2.75) is 31.5 Å². The first kappa shape index (κ1) is 17.8. The maximum absolute atomic E-state index is 13.2. The van der Waals surface area contributed by atoms with Gasteiger partial charge >= 0.3 is 6.29 Å². The van der Waals surface area contributed by atoms with Crippen LogP contribution in [0.5, 0.6) is 0 Å². The summed E-state index contributed by atoms with van der Waals surface area (Å²) in [6, 6.07) is 2.01. The molecule has 156 valence electrons. The Balaban J connectivity index is 1.14. The molecule has 3 aromatic rings. The Morgan fingerprint density at radius 1 is 1.20 bits per heavy atom. The number of hydrogen-bond acceptors (Lipinski definition) is 6. The van der Waals surface area contributed by atoms with Crippen molar-refractivity contribution in [1.29, 1.82) is 0 Å². The molecule has 0 spiro atoms. The fourth-order valence-corrected chi connectivity index (χ4v) is 4.72. The lowest BCUT2D eigenvalue weighted by atomic mass is 9.91. The Labute approximate surface area is 170 Å². The van der Waals surface area contributed by atoms with E-state index in [1.807, 2.05) is 12.3 Å². The van der Waals surface area contributed by atoms with Crippen molar-refractivity contribution in [3.8, 4) is 0 Å². The van der Waals surface area contributed by atoms with Crippen LogP contribution in [-0.4, -0.2) is 55.6 Å². The first-order valence-electron chi connectivity index (χ1n) is 10.1. The van der Waals surface area contributed by atoms with Crippen LogP contribution >= 0.6 is 0 Å². The second-order valence-corrected chi connectivity index (χ2v) is 8.09. The normalized spacial score (nSPS) is 24.4. The quantitative estimate of drug-likeness (QED) is 0.709. The molecule has 3 aromatic heterocycles. The summed E-state index contributed by atoms with van der Waals surface area (Å²) in [4.78, 5) is 9.88. The lowest BCUT2D eigenvalue weighted by molar-refractivity contribution is -0.326. The predicted molar refractivity (Wildman–Crippen MR) is 102 cm³/mol. The van der Waals surface area contributed by atoms with Crippen LogP contribution in [0.25, 0.3) is 16.6 Å². The highest BCUT2D eigenvalue weighted by atomic mass is 19.3. The van der Waals surface area contributed by atoms with Gasteiger partial charge in [-0.15, -0.1) is 13.9 Å². The van der Waals surface area contributed by atoms with E-state index in [4.69, 9.17) is 0 Å². The number of nitrogens with one attached hydrogen (secondary N) is 1. The summed E-state index contributed by atoms with van der Waals surface area (Å²) in [6.07, 6.45) is 6.12. The molecule has 30 heavy (non-hydrogen) atoms. The molecule has 0 saturated carbocycles. The molecule has 6 rings (SSSR count). The van der Waals surface area contributed by atoms with Crippen molar-refractivity contribution >= 4 is 16.6 Å². The van der Waals surface area contributed by atoms with Gasteiger partial charge in [0, 0.05) is 24.0 Å². The largest absolute Gasteiger partial charge is 0.586 e. The summed E-state index contributed by atoms with van der Waals surface area (Å²) in [5, 5.41) is 9.75. The highest BCUT2D eigenvalue weighted by Crippen LogP contribution is 2.40. The third-order valence-corrected chi connectivity index (χ3v) is 6.16. The lowest BCUT2D eigenvalue weighted by Crippen LogP contribution is -2.36. The minimum atomic E-state index is -3.55. The van der Waals surface area contributed by atoms with Gasteiger partial charge in [0.1, 0.15) is 17.5 Å². The van der Waals surface area contributed by atoms with E-state index in [2.05, 4.69) is 34.7 Å². The third kappa shape index (κ3) is 2.94. The summed E-state index contributed by atoms with van der Waals surface area (Å²) in [5.74, 6) is 0.782. The zero-order chi connectivity index (χ0) is 20.3. The number of ether oxygens (including phenoxy) is 2. The number of halogens is 2. The van der Waals surface area contributed by atoms with Crippen molar-refractivity contribution in [3.05, 3.63) is 48.0 Å². The molecule has 2 aliphatic heterocycles. The molecular formula is C20H20F2N6O2. The van der Waals surface area contributed by atoms with E-state index in [0.29, 0.717) is 12.3 Å². The maximum Gasteiger partial charge on any atom is 0.586 e. The molecule has 1 atom stereocenters. The molecule has 0 bridgehead atoms. The minimum absolute atomic E-state index is 0.137. The summed E-state index contributed by atoms with van der Waals surface area (Å²) in [7, 11) is 0. The van der Waals surface area contributed by atoms with Gasteiger partial charge in [0.05, 0.1) is 5.69 Å². The molecular weight excluding hydrogens is 394 g/mol. The van der Waals surface area contributed by atoms with Crippen molar-refractivity contribution in [2.75, 3.05) is 19.6 Å². The number of alkyl halides is 2. The molecule has 1 N–H and O–H groups in total. The molecule has 1 aliphatic carbocycles. The molecule has 0 radical (unpaired) electrons. The van der Waals surface area contributed by atoms with Crippen LogP contribution in [0.3, 0.4) is 0 Å². The Morgan fingerprint density at radius 3 is 2.90 bits per heavy atom. The van der Waals surface area contributed by atoms with Gasteiger partial charge in [-0.05, 0) is 56.5 Å². The summed E-state index contributed by atoms with van der Waals surface area (Å²) < 4.78 is 37.3. The van der Waals surface area contributed by atoms with Gasteiger partial charge in [0.25, 0.3) is 0 Å². The first-order valence-corrected chi connectivity index (χ1v) is 10.1. The standard InChI is InChI=1S/C20H20F2N6O2/c21-20(22)29-15-2-1-12(9-16(15)30-20)10-27-7-4-13(5-8-27)17-18-14-3-6-23-19(14)24-11-28(18)26-25-17/h2-3,6,9,11-13,23H,1,4-5,7-8,10H2. The fraction of sp³-hybridized carbons (Fsp3) is 0.450. The number of H-pyrrole nitrogens is 1. The van der Waals surface area contributed by atoms with E-state index >= 15 is 0 Å². The van der Waals surface area contributed by atoms with E-state index in [1.165, 1.54) is 0 Å². The number of aromatic nitrogens is 5. The average Bonchev–Trinajstić information content (AvgIpc) is 3.42. The maximum atomic E-state index is 13.2. The van der Waals surface area contributed by atoms with E-state index < -0.39 is 6.29 Å². The first-order chi connectivity index (χ1) is 14.6. The zero-order valence-corrected chi connectivity index (χ0v) is 16.1. The van der Waals surface area contributed by atoms with Crippen LogP contribution in [0.4, 0.5) is 8.78 Å². The molecule has 0 amide bonds. The van der Waals surface area contributed by atoms with Gasteiger partial charge < -0.3 is 19.4 Å². The lowest BCUT2D eigenvalue weighted by Gasteiger charge is -2.33. The van der Waals surface area contributed by atoms with Crippen LogP contribution in [0.1, 0.15) is 30.9 Å². The second-order valence-electron chi connectivity index (χ2n) is 8.09. The van der Waals surface area contributed by atoms with Crippen LogP contribution in [0, 0.1) is 5.92 Å². The van der Waals surface area contributed by atoms with E-state index in [0.717, 1.165) is 54.7 Å². The van der Waals surface area contributed by atoms with Crippen LogP contribution < -0.4 is 0 Å². The average molecular weight is 414 g/mol. The van der Waals surface area contributed by atoms with Gasteiger partial charge in [0.2, 0.25) is 0 Å². The Bertz CT molecular complexity index is 1170. The number of nitrogens with zero attached hydrogens (tertiary/aromatic N) is 5. The number of rotatable bonds is 3. The van der Waals surface area contributed by atoms with Crippen molar-refractivity contribution in [2.24, 2.45) is 5.92 Å². The Morgan fingerprint density at radius 2 is 2.03 bits per heavy atom. The molecule has 3 aliphatic rings. The van der Waals surface area contributed by atoms with Crippen molar-refractivity contribution < 1.29 is 18.3 Å². The fourth-order valence-electron chi connectivity index (χ4n) is 4.72. The monoisotopic (exact) mass is 414 g/mol. The van der Waals surface area contributed by atoms with Crippen LogP contribution in [0.2, 0.25) is 0 Å². The van der Waals surface area contributed by atoms with E-state index in [1.54, 1.807) is 23.0 Å². The van der Waals surface area contributed by atoms with Gasteiger partial charge in [0.15, 0.2) is 11.5 Å². The SMILES string of the molecule is FC1(F)OC2=CCC(CN3CCC(c4nnn5cnc6[nH]ccc6c45)CC3)C=C2O1. The van der Waals surface area contributed by atoms with Crippen LogP contribution in [-0.2, 0) is 9.47 Å². The van der Waals surface area contributed by atoms with Gasteiger partial charge in [-0.25, -0.2) is 9.50 Å². The number of likely N-dealkylation sites (tertiary alicyclic amines) is 1. The number of aromatic amines is 1. The van der Waals surface area contributed by atoms with Crippen LogP contribution in [0.15, 0.2) is 42.3 Å². The molecule has 0 aromatic carbocycles. The van der Waals surface area contributed by atoms with Crippen molar-refractivity contribution in [1.82, 2.24) is 29.7 Å². The topological polar surface area (TPSA) is 80.6 Å². The molecule has 2 saturated heterocycles. The summed E-state index contributed by atoms with van der Waals surface area (Å²) in [6.45, 7) is 2.66. The smallest absolute Gasteiger partial charge is 0.396 e. The van der Waals surface area contributed by atoms with E-state index in [9.17, 15) is 8.78 Å². The van der Waals surface area contributed by atoms with Gasteiger partial charge in [-0.1, -0.05) is 5.21 Å². The number of fused-ring (bicyclic) bond motifs is 4. The highest BCUT2D eigenvalue weighted by molar-refractivity contribution is 5.92. The third-order valence-electron chi connectivity index (χ3n) is 6.16.